The van der Waals surface area contributed by atoms with Gasteiger partial charge >= 0.3 is 5.97 Å². The number of nitrogens with one attached hydrogen (secondary N) is 1. The Morgan fingerprint density at radius 3 is 2.23 bits per heavy atom. The molecule has 0 radical (unpaired) electrons. The molecule has 0 unspecified atom stereocenters. The maximum atomic E-state index is 15.9. The SMILES string of the molecule is CC(=O)Nc1ccc(S(=O)(=O)N2CCN(c3c(F)cc4c(=O)c(C(=O)O)cn(CC(C)C)c4c3F)CC2)cc1. The number of sulfonamides is 1. The lowest BCUT2D eigenvalue weighted by molar-refractivity contribution is -0.114. The highest BCUT2D eigenvalue weighted by molar-refractivity contribution is 7.89. The minimum Gasteiger partial charge on any atom is -0.477 e. The van der Waals surface area contributed by atoms with Crippen LogP contribution in [-0.2, 0) is 21.4 Å². The molecule has 1 amide bonds. The largest absolute Gasteiger partial charge is 0.477 e. The van der Waals surface area contributed by atoms with E-state index >= 15 is 8.78 Å². The van der Waals surface area contributed by atoms with Crippen molar-refractivity contribution in [2.24, 2.45) is 5.92 Å². The van der Waals surface area contributed by atoms with Gasteiger partial charge in [-0.1, -0.05) is 13.8 Å². The van der Waals surface area contributed by atoms with E-state index < -0.39 is 44.3 Å². The predicted molar refractivity (Wildman–Crippen MR) is 142 cm³/mol. The molecule has 1 fully saturated rings. The Balaban J connectivity index is 1.65. The number of pyridine rings is 1. The van der Waals surface area contributed by atoms with Crippen molar-refractivity contribution < 1.29 is 31.9 Å². The molecule has 2 aromatic carbocycles. The quantitative estimate of drug-likeness (QED) is 0.453. The number of carboxylic acid groups (broad SMARTS) is 1. The van der Waals surface area contributed by atoms with Gasteiger partial charge in [0, 0.05) is 51.5 Å². The van der Waals surface area contributed by atoms with Crippen LogP contribution in [0.4, 0.5) is 20.2 Å². The highest BCUT2D eigenvalue weighted by Crippen LogP contribution is 2.32. The van der Waals surface area contributed by atoms with Crippen molar-refractivity contribution in [2.45, 2.75) is 32.2 Å². The molecule has 13 heteroatoms. The van der Waals surface area contributed by atoms with Crippen LogP contribution in [0.2, 0.25) is 0 Å². The number of hydrogen-bond acceptors (Lipinski definition) is 6. The molecule has 1 aromatic heterocycles. The first-order valence-electron chi connectivity index (χ1n) is 12.2. The molecule has 3 aromatic rings. The minimum atomic E-state index is -3.90. The fourth-order valence-electron chi connectivity index (χ4n) is 4.67. The fraction of sp³-hybridized carbons (Fsp3) is 0.346. The lowest BCUT2D eigenvalue weighted by Crippen LogP contribution is -2.49. The zero-order valence-electron chi connectivity index (χ0n) is 21.6. The van der Waals surface area contributed by atoms with Gasteiger partial charge in [0.05, 0.1) is 15.8 Å². The molecule has 2 heterocycles. The van der Waals surface area contributed by atoms with Crippen molar-refractivity contribution in [1.29, 1.82) is 0 Å². The molecule has 208 valence electrons. The third-order valence-corrected chi connectivity index (χ3v) is 8.30. The highest BCUT2D eigenvalue weighted by Gasteiger charge is 2.32. The van der Waals surface area contributed by atoms with Crippen LogP contribution < -0.4 is 15.6 Å². The molecule has 10 nitrogen and oxygen atoms in total. The van der Waals surface area contributed by atoms with Gasteiger partial charge in [0.15, 0.2) is 5.82 Å². The fourth-order valence-corrected chi connectivity index (χ4v) is 6.09. The number of fused-ring (bicyclic) bond motifs is 1. The Labute approximate surface area is 223 Å². The molecule has 0 spiro atoms. The van der Waals surface area contributed by atoms with Crippen molar-refractivity contribution in [2.75, 3.05) is 36.4 Å². The number of carbonyl (C=O) groups is 2. The number of hydrogen-bond donors (Lipinski definition) is 2. The van der Waals surface area contributed by atoms with Crippen LogP contribution in [0, 0.1) is 17.6 Å². The molecular weight excluding hydrogens is 534 g/mol. The van der Waals surface area contributed by atoms with Gasteiger partial charge in [0.2, 0.25) is 21.4 Å². The van der Waals surface area contributed by atoms with Gasteiger partial charge in [-0.15, -0.1) is 0 Å². The summed E-state index contributed by atoms with van der Waals surface area (Å²) < 4.78 is 60.0. The summed E-state index contributed by atoms with van der Waals surface area (Å²) in [6.07, 6.45) is 1.07. The van der Waals surface area contributed by atoms with Crippen LogP contribution in [0.3, 0.4) is 0 Å². The summed E-state index contributed by atoms with van der Waals surface area (Å²) in [5, 5.41) is 11.6. The summed E-state index contributed by atoms with van der Waals surface area (Å²) in [5.41, 5.74) is -1.73. The van der Waals surface area contributed by atoms with Crippen molar-refractivity contribution in [3.8, 4) is 0 Å². The second kappa shape index (κ2) is 10.7. The monoisotopic (exact) mass is 562 g/mol. The zero-order valence-corrected chi connectivity index (χ0v) is 22.4. The second-order valence-electron chi connectivity index (χ2n) is 9.74. The van der Waals surface area contributed by atoms with Crippen LogP contribution in [-0.4, -0.2) is 60.5 Å². The van der Waals surface area contributed by atoms with Gasteiger partial charge in [-0.25, -0.2) is 22.0 Å². The molecule has 1 saturated heterocycles. The standard InChI is InChI=1S/C26H28F2N4O6S/c1-15(2)13-31-14-20(26(35)36)25(34)19-12-21(27)24(22(28)23(19)31)30-8-10-32(11-9-30)39(37,38)18-6-4-17(5-7-18)29-16(3)33/h4-7,12,14-15H,8-11,13H2,1-3H3,(H,29,33)(H,35,36). The first kappa shape index (κ1) is 28.2. The number of piperazine rings is 1. The molecule has 1 aliphatic heterocycles. The van der Waals surface area contributed by atoms with Crippen LogP contribution in [0.1, 0.15) is 31.1 Å². The summed E-state index contributed by atoms with van der Waals surface area (Å²) in [6.45, 7) is 5.04. The summed E-state index contributed by atoms with van der Waals surface area (Å²) in [5.74, 6) is -3.87. The van der Waals surface area contributed by atoms with Crippen LogP contribution in [0.5, 0.6) is 0 Å². The van der Waals surface area contributed by atoms with E-state index in [9.17, 15) is 27.9 Å². The normalized spacial score (nSPS) is 14.7. The highest BCUT2D eigenvalue weighted by atomic mass is 32.2. The lowest BCUT2D eigenvalue weighted by atomic mass is 10.1. The van der Waals surface area contributed by atoms with Gasteiger partial charge in [0.25, 0.3) is 0 Å². The summed E-state index contributed by atoms with van der Waals surface area (Å²) in [7, 11) is -3.90. The third-order valence-electron chi connectivity index (χ3n) is 6.39. The third kappa shape index (κ3) is 5.50. The topological polar surface area (TPSA) is 129 Å². The molecule has 1 aliphatic rings. The van der Waals surface area contributed by atoms with E-state index in [0.717, 1.165) is 12.3 Å². The van der Waals surface area contributed by atoms with Crippen molar-refractivity contribution >= 4 is 44.2 Å². The molecular formula is C26H28F2N4O6S. The summed E-state index contributed by atoms with van der Waals surface area (Å²) >= 11 is 0. The Morgan fingerprint density at radius 2 is 1.69 bits per heavy atom. The number of carboxylic acids is 1. The van der Waals surface area contributed by atoms with Gasteiger partial charge in [-0.05, 0) is 36.2 Å². The van der Waals surface area contributed by atoms with Crippen molar-refractivity contribution in [1.82, 2.24) is 8.87 Å². The Bertz CT molecular complexity index is 1610. The van der Waals surface area contributed by atoms with Crippen LogP contribution in [0.15, 0.2) is 46.2 Å². The number of nitrogens with zero attached hydrogens (tertiary/aromatic N) is 3. The van der Waals surface area contributed by atoms with Gasteiger partial charge in [-0.3, -0.25) is 9.59 Å². The lowest BCUT2D eigenvalue weighted by Gasteiger charge is -2.36. The average Bonchev–Trinajstić information content (AvgIpc) is 2.85. The minimum absolute atomic E-state index is 0.0139. The maximum absolute atomic E-state index is 15.9. The molecule has 0 bridgehead atoms. The van der Waals surface area contributed by atoms with Crippen LogP contribution in [0.25, 0.3) is 10.9 Å². The Morgan fingerprint density at radius 1 is 1.08 bits per heavy atom. The second-order valence-corrected chi connectivity index (χ2v) is 11.7. The van der Waals surface area contributed by atoms with E-state index in [1.807, 2.05) is 13.8 Å². The first-order chi connectivity index (χ1) is 18.3. The van der Waals surface area contributed by atoms with Gasteiger partial charge in [-0.2, -0.15) is 4.31 Å². The predicted octanol–water partition coefficient (Wildman–Crippen LogP) is 3.10. The van der Waals surface area contributed by atoms with E-state index in [-0.39, 0.29) is 60.3 Å². The van der Waals surface area contributed by atoms with Gasteiger partial charge < -0.3 is 19.9 Å². The molecule has 4 rings (SSSR count). The summed E-state index contributed by atoms with van der Waals surface area (Å²) in [6, 6.07) is 6.52. The smallest absolute Gasteiger partial charge is 0.341 e. The molecule has 39 heavy (non-hydrogen) atoms. The van der Waals surface area contributed by atoms with E-state index in [2.05, 4.69) is 5.32 Å². The van der Waals surface area contributed by atoms with E-state index in [1.54, 1.807) is 0 Å². The van der Waals surface area contributed by atoms with Crippen molar-refractivity contribution in [3.63, 3.8) is 0 Å². The Kier molecular flexibility index (Phi) is 7.75. The molecule has 0 atom stereocenters. The Hall–Kier alpha value is -3.84. The number of carbonyl (C=O) groups excluding carboxylic acids is 1. The van der Waals surface area contributed by atoms with E-state index in [4.69, 9.17) is 0 Å². The van der Waals surface area contributed by atoms with Crippen molar-refractivity contribution in [3.05, 3.63) is 63.9 Å². The molecule has 2 N–H and O–H groups in total. The van der Waals surface area contributed by atoms with Gasteiger partial charge in [0.1, 0.15) is 17.1 Å². The van der Waals surface area contributed by atoms with Crippen LogP contribution >= 0.6 is 0 Å². The zero-order chi connectivity index (χ0) is 28.6. The van der Waals surface area contributed by atoms with E-state index in [0.29, 0.717) is 5.69 Å². The number of anilines is 2. The van der Waals surface area contributed by atoms with E-state index in [1.165, 1.54) is 45.0 Å². The molecule has 0 aliphatic carbocycles. The summed E-state index contributed by atoms with van der Waals surface area (Å²) in [4.78, 5) is 36.9. The number of halogens is 2. The number of benzene rings is 2. The number of rotatable bonds is 7. The molecule has 0 saturated carbocycles. The average molecular weight is 563 g/mol. The first-order valence-corrected chi connectivity index (χ1v) is 13.7. The number of amides is 1. The maximum Gasteiger partial charge on any atom is 0.341 e. The number of aromatic nitrogens is 1. The number of aromatic carboxylic acids is 1.